The van der Waals surface area contributed by atoms with Gasteiger partial charge in [-0.1, -0.05) is 29.8 Å². The van der Waals surface area contributed by atoms with E-state index in [0.29, 0.717) is 11.9 Å². The van der Waals surface area contributed by atoms with Gasteiger partial charge >= 0.3 is 0 Å². The summed E-state index contributed by atoms with van der Waals surface area (Å²) in [6.07, 6.45) is 1.50. The lowest BCUT2D eigenvalue weighted by Crippen LogP contribution is -2.13. The fourth-order valence-corrected chi connectivity index (χ4v) is 3.33. The summed E-state index contributed by atoms with van der Waals surface area (Å²) in [5.74, 6) is -1.84. The van der Waals surface area contributed by atoms with Gasteiger partial charge in [-0.05, 0) is 37.3 Å². The molecule has 0 spiro atoms. The molecule has 29 heavy (non-hydrogen) atoms. The van der Waals surface area contributed by atoms with Gasteiger partial charge in [-0.15, -0.1) is 0 Å². The highest BCUT2D eigenvalue weighted by molar-refractivity contribution is 6.35. The van der Waals surface area contributed by atoms with Crippen LogP contribution in [0.5, 0.6) is 0 Å². The van der Waals surface area contributed by atoms with E-state index >= 15 is 0 Å². The Morgan fingerprint density at radius 2 is 1.86 bits per heavy atom. The van der Waals surface area contributed by atoms with E-state index in [1.165, 1.54) is 22.9 Å². The van der Waals surface area contributed by atoms with Crippen molar-refractivity contribution < 1.29 is 13.6 Å². The summed E-state index contributed by atoms with van der Waals surface area (Å²) in [6.45, 7) is 2.43. The maximum atomic E-state index is 14.7. The Kier molecular flexibility index (Phi) is 4.98. The van der Waals surface area contributed by atoms with Crippen LogP contribution in [-0.2, 0) is 0 Å². The molecule has 146 valence electrons. The van der Waals surface area contributed by atoms with Crippen LogP contribution < -0.4 is 5.32 Å². The fourth-order valence-electron chi connectivity index (χ4n) is 3.11. The SMILES string of the molecule is CCNc1ncc2cc(C(=O)c3ccccc3Cl)n(-c3c(F)cccc3F)c2n1. The van der Waals surface area contributed by atoms with Gasteiger partial charge in [0.15, 0.2) is 5.65 Å². The van der Waals surface area contributed by atoms with Crippen molar-refractivity contribution in [1.29, 1.82) is 0 Å². The molecule has 0 aliphatic carbocycles. The maximum absolute atomic E-state index is 14.7. The highest BCUT2D eigenvalue weighted by atomic mass is 35.5. The molecule has 0 saturated carbocycles. The lowest BCUT2D eigenvalue weighted by atomic mass is 10.1. The third-order valence-electron chi connectivity index (χ3n) is 4.39. The highest BCUT2D eigenvalue weighted by Gasteiger charge is 2.25. The van der Waals surface area contributed by atoms with E-state index in [-0.39, 0.29) is 33.6 Å². The zero-order valence-corrected chi connectivity index (χ0v) is 16.0. The lowest BCUT2D eigenvalue weighted by Gasteiger charge is -2.12. The number of fused-ring (bicyclic) bond motifs is 1. The van der Waals surface area contributed by atoms with Gasteiger partial charge in [-0.25, -0.2) is 13.8 Å². The molecule has 0 aliphatic rings. The average molecular weight is 413 g/mol. The summed E-state index contributed by atoms with van der Waals surface area (Å²) in [5, 5.41) is 3.66. The predicted molar refractivity (Wildman–Crippen MR) is 108 cm³/mol. The van der Waals surface area contributed by atoms with Crippen LogP contribution in [0.4, 0.5) is 14.7 Å². The maximum Gasteiger partial charge on any atom is 0.224 e. The fraction of sp³-hybridized carbons (Fsp3) is 0.0952. The molecule has 0 amide bonds. The van der Waals surface area contributed by atoms with Gasteiger partial charge in [0.05, 0.1) is 10.7 Å². The number of halogens is 3. The number of nitrogens with zero attached hydrogens (tertiary/aromatic N) is 3. The number of nitrogens with one attached hydrogen (secondary N) is 1. The molecule has 0 bridgehead atoms. The van der Waals surface area contributed by atoms with Crippen LogP contribution in [0.2, 0.25) is 5.02 Å². The number of carbonyl (C=O) groups excluding carboxylic acids is 1. The van der Waals surface area contributed by atoms with Crippen molar-refractivity contribution >= 4 is 34.4 Å². The summed E-state index contributed by atoms with van der Waals surface area (Å²) >= 11 is 6.18. The first-order valence-electron chi connectivity index (χ1n) is 8.87. The molecule has 0 radical (unpaired) electrons. The van der Waals surface area contributed by atoms with E-state index in [0.717, 1.165) is 12.1 Å². The second kappa shape index (κ2) is 7.60. The Hall–Kier alpha value is -3.32. The standard InChI is InChI=1S/C21H15ClF2N4O/c1-2-25-21-26-11-12-10-17(19(29)13-6-3-4-7-14(13)22)28(20(12)27-21)18-15(23)8-5-9-16(18)24/h3-11H,2H2,1H3,(H,25,26,27). The first-order chi connectivity index (χ1) is 14.0. The molecule has 2 aromatic carbocycles. The molecule has 0 saturated heterocycles. The molecular weight excluding hydrogens is 398 g/mol. The molecule has 4 rings (SSSR count). The predicted octanol–water partition coefficient (Wildman–Crippen LogP) is 5.01. The summed E-state index contributed by atoms with van der Waals surface area (Å²) in [4.78, 5) is 21.8. The summed E-state index contributed by atoms with van der Waals surface area (Å²) in [7, 11) is 0. The van der Waals surface area contributed by atoms with Crippen molar-refractivity contribution in [2.75, 3.05) is 11.9 Å². The summed E-state index contributed by atoms with van der Waals surface area (Å²) < 4.78 is 30.5. The van der Waals surface area contributed by atoms with Gasteiger partial charge in [0.25, 0.3) is 0 Å². The van der Waals surface area contributed by atoms with Gasteiger partial charge in [0, 0.05) is 23.7 Å². The number of hydrogen-bond acceptors (Lipinski definition) is 4. The van der Waals surface area contributed by atoms with Crippen molar-refractivity contribution in [2.24, 2.45) is 0 Å². The first kappa shape index (κ1) is 19.0. The quantitative estimate of drug-likeness (QED) is 0.468. The third kappa shape index (κ3) is 3.34. The Morgan fingerprint density at radius 3 is 2.55 bits per heavy atom. The van der Waals surface area contributed by atoms with Crippen LogP contribution in [0.1, 0.15) is 23.0 Å². The topological polar surface area (TPSA) is 59.8 Å². The molecule has 0 fully saturated rings. The Bertz CT molecular complexity index is 1220. The van der Waals surface area contributed by atoms with Crippen molar-refractivity contribution in [3.8, 4) is 5.69 Å². The molecule has 5 nitrogen and oxygen atoms in total. The van der Waals surface area contributed by atoms with Gasteiger partial charge in [-0.2, -0.15) is 4.98 Å². The average Bonchev–Trinajstić information content (AvgIpc) is 3.07. The van der Waals surface area contributed by atoms with Crippen LogP contribution in [0, 0.1) is 11.6 Å². The summed E-state index contributed by atoms with van der Waals surface area (Å²) in [5.41, 5.74) is 0.0595. The Balaban J connectivity index is 2.04. The van der Waals surface area contributed by atoms with Crippen LogP contribution in [-0.4, -0.2) is 26.9 Å². The normalized spacial score (nSPS) is 11.0. The van der Waals surface area contributed by atoms with Gasteiger partial charge in [0.2, 0.25) is 11.7 Å². The zero-order chi connectivity index (χ0) is 20.5. The summed E-state index contributed by atoms with van der Waals surface area (Å²) in [6, 6.07) is 11.5. The lowest BCUT2D eigenvalue weighted by molar-refractivity contribution is 0.103. The molecule has 0 aliphatic heterocycles. The smallest absolute Gasteiger partial charge is 0.224 e. The van der Waals surface area contributed by atoms with E-state index in [1.54, 1.807) is 24.3 Å². The van der Waals surface area contributed by atoms with E-state index in [1.807, 2.05) is 6.92 Å². The van der Waals surface area contributed by atoms with Crippen molar-refractivity contribution in [3.05, 3.63) is 82.6 Å². The number of carbonyl (C=O) groups is 1. The molecule has 1 N–H and O–H groups in total. The van der Waals surface area contributed by atoms with E-state index < -0.39 is 17.4 Å². The number of anilines is 1. The van der Waals surface area contributed by atoms with Gasteiger partial charge < -0.3 is 5.32 Å². The molecular formula is C21H15ClF2N4O. The number of benzene rings is 2. The number of rotatable bonds is 5. The number of para-hydroxylation sites is 1. The third-order valence-corrected chi connectivity index (χ3v) is 4.72. The highest BCUT2D eigenvalue weighted by Crippen LogP contribution is 2.30. The van der Waals surface area contributed by atoms with E-state index in [2.05, 4.69) is 15.3 Å². The largest absolute Gasteiger partial charge is 0.354 e. The minimum Gasteiger partial charge on any atom is -0.354 e. The molecule has 0 atom stereocenters. The van der Waals surface area contributed by atoms with Crippen molar-refractivity contribution in [1.82, 2.24) is 14.5 Å². The van der Waals surface area contributed by atoms with Gasteiger partial charge in [-0.3, -0.25) is 9.36 Å². The second-order valence-corrected chi connectivity index (χ2v) is 6.65. The number of ketones is 1. The minimum absolute atomic E-state index is 0.0278. The van der Waals surface area contributed by atoms with E-state index in [9.17, 15) is 13.6 Å². The molecule has 0 unspecified atom stereocenters. The van der Waals surface area contributed by atoms with Crippen LogP contribution in [0.25, 0.3) is 16.7 Å². The second-order valence-electron chi connectivity index (χ2n) is 6.25. The number of aromatic nitrogens is 3. The molecule has 8 heteroatoms. The van der Waals surface area contributed by atoms with Crippen molar-refractivity contribution in [3.63, 3.8) is 0 Å². The molecule has 2 aromatic heterocycles. The zero-order valence-electron chi connectivity index (χ0n) is 15.3. The van der Waals surface area contributed by atoms with Crippen molar-refractivity contribution in [2.45, 2.75) is 6.92 Å². The first-order valence-corrected chi connectivity index (χ1v) is 9.25. The Labute approximate surface area is 170 Å². The van der Waals surface area contributed by atoms with Gasteiger partial charge in [0.1, 0.15) is 17.3 Å². The number of hydrogen-bond donors (Lipinski definition) is 1. The molecule has 2 heterocycles. The monoisotopic (exact) mass is 412 g/mol. The van der Waals surface area contributed by atoms with Crippen LogP contribution in [0.3, 0.4) is 0 Å². The van der Waals surface area contributed by atoms with E-state index in [4.69, 9.17) is 11.6 Å². The molecule has 4 aromatic rings. The minimum atomic E-state index is -0.820. The Morgan fingerprint density at radius 1 is 1.14 bits per heavy atom. The van der Waals surface area contributed by atoms with Crippen LogP contribution in [0.15, 0.2) is 54.7 Å². The van der Waals surface area contributed by atoms with Crippen LogP contribution >= 0.6 is 11.6 Å².